The molecule has 3 N–H and O–H groups in total. The van der Waals surface area contributed by atoms with Crippen LogP contribution in [0.5, 0.6) is 0 Å². The normalized spacial score (nSPS) is 11.7. The maximum Gasteiger partial charge on any atom is 0.222 e. The Bertz CT molecular complexity index is 480. The van der Waals surface area contributed by atoms with Crippen LogP contribution in [0.25, 0.3) is 0 Å². The van der Waals surface area contributed by atoms with Crippen molar-refractivity contribution in [2.75, 3.05) is 52.5 Å². The molecule has 0 saturated carbocycles. The maximum atomic E-state index is 12.8. The summed E-state index contributed by atoms with van der Waals surface area (Å²) in [6, 6.07) is 0. The number of allylic oxidation sites excluding steroid dienone is 2. The zero-order valence-electron chi connectivity index (χ0n) is 23.7. The predicted molar refractivity (Wildman–Crippen MR) is 152 cm³/mol. The highest BCUT2D eigenvalue weighted by Gasteiger charge is 2.13. The second-order valence-corrected chi connectivity index (χ2v) is 10.1. The minimum absolute atomic E-state index is 0.107. The van der Waals surface area contributed by atoms with Crippen molar-refractivity contribution < 1.29 is 20.1 Å². The first-order valence-corrected chi connectivity index (χ1v) is 15.2. The lowest BCUT2D eigenvalue weighted by Crippen LogP contribution is -2.36. The Hall–Kier alpha value is -0.950. The molecule has 0 rings (SSSR count). The first-order chi connectivity index (χ1) is 17.7. The van der Waals surface area contributed by atoms with Crippen LogP contribution in [-0.4, -0.2) is 83.6 Å². The van der Waals surface area contributed by atoms with E-state index in [0.717, 1.165) is 51.7 Å². The van der Waals surface area contributed by atoms with Gasteiger partial charge in [0.25, 0.3) is 0 Å². The highest BCUT2D eigenvalue weighted by Crippen LogP contribution is 2.11. The SMILES string of the molecule is CCCCCCCCC=CCCCCCCCC(=O)N(CCCO)CCCN(CCCO)CCCO. The quantitative estimate of drug-likeness (QED) is 0.0926. The number of aliphatic hydroxyl groups excluding tert-OH is 3. The lowest BCUT2D eigenvalue weighted by Gasteiger charge is -2.26. The van der Waals surface area contributed by atoms with Crippen LogP contribution in [0.2, 0.25) is 0 Å². The molecule has 0 heterocycles. The van der Waals surface area contributed by atoms with Crippen molar-refractivity contribution in [2.24, 2.45) is 0 Å². The van der Waals surface area contributed by atoms with Crippen LogP contribution < -0.4 is 0 Å². The van der Waals surface area contributed by atoms with Crippen LogP contribution in [0, 0.1) is 0 Å². The molecule has 1 amide bonds. The molecular weight excluding hydrogens is 452 g/mol. The first kappa shape index (κ1) is 35.0. The summed E-state index contributed by atoms with van der Waals surface area (Å²) < 4.78 is 0. The number of unbranched alkanes of at least 4 members (excludes halogenated alkanes) is 11. The Morgan fingerprint density at radius 1 is 0.556 bits per heavy atom. The van der Waals surface area contributed by atoms with Gasteiger partial charge in [0, 0.05) is 52.4 Å². The average molecular weight is 513 g/mol. The number of nitrogens with zero attached hydrogens (tertiary/aromatic N) is 2. The van der Waals surface area contributed by atoms with Crippen molar-refractivity contribution in [3.05, 3.63) is 12.2 Å². The number of hydrogen-bond acceptors (Lipinski definition) is 5. The monoisotopic (exact) mass is 512 g/mol. The van der Waals surface area contributed by atoms with E-state index in [4.69, 9.17) is 10.2 Å². The number of rotatable bonds is 28. The Kier molecular flexibility index (Phi) is 27.9. The van der Waals surface area contributed by atoms with Crippen molar-refractivity contribution in [2.45, 2.75) is 122 Å². The molecule has 0 saturated heterocycles. The summed E-state index contributed by atoms with van der Waals surface area (Å²) in [6.07, 6.45) is 24.6. The van der Waals surface area contributed by atoms with Crippen LogP contribution in [0.3, 0.4) is 0 Å². The van der Waals surface area contributed by atoms with Gasteiger partial charge in [-0.05, 0) is 64.3 Å². The first-order valence-electron chi connectivity index (χ1n) is 15.2. The molecular formula is C30H60N2O4. The topological polar surface area (TPSA) is 84.2 Å². The second kappa shape index (κ2) is 28.6. The summed E-state index contributed by atoms with van der Waals surface area (Å²) in [5.41, 5.74) is 0. The Labute approximate surface area is 223 Å². The molecule has 0 atom stereocenters. The summed E-state index contributed by atoms with van der Waals surface area (Å²) >= 11 is 0. The van der Waals surface area contributed by atoms with Gasteiger partial charge in [-0.2, -0.15) is 0 Å². The van der Waals surface area contributed by atoms with E-state index in [1.54, 1.807) is 0 Å². The minimum atomic E-state index is 0.107. The minimum Gasteiger partial charge on any atom is -0.396 e. The third kappa shape index (κ3) is 23.4. The van der Waals surface area contributed by atoms with Gasteiger partial charge in [-0.15, -0.1) is 0 Å². The number of hydrogen-bond donors (Lipinski definition) is 3. The van der Waals surface area contributed by atoms with Crippen LogP contribution >= 0.6 is 0 Å². The van der Waals surface area contributed by atoms with E-state index < -0.39 is 0 Å². The molecule has 0 radical (unpaired) electrons. The molecule has 6 nitrogen and oxygen atoms in total. The lowest BCUT2D eigenvalue weighted by atomic mass is 10.1. The predicted octanol–water partition coefficient (Wildman–Crippen LogP) is 5.69. The van der Waals surface area contributed by atoms with Gasteiger partial charge in [0.2, 0.25) is 5.91 Å². The van der Waals surface area contributed by atoms with Gasteiger partial charge in [-0.1, -0.05) is 70.4 Å². The van der Waals surface area contributed by atoms with Crippen molar-refractivity contribution in [3.8, 4) is 0 Å². The summed E-state index contributed by atoms with van der Waals surface area (Å²) in [5.74, 6) is 0.207. The Balaban J connectivity index is 3.94. The summed E-state index contributed by atoms with van der Waals surface area (Å²) in [6.45, 7) is 6.53. The third-order valence-corrected chi connectivity index (χ3v) is 6.76. The van der Waals surface area contributed by atoms with Gasteiger partial charge in [-0.3, -0.25) is 4.79 Å². The van der Waals surface area contributed by atoms with Gasteiger partial charge in [0.05, 0.1) is 0 Å². The molecule has 0 unspecified atom stereocenters. The number of carbonyl (C=O) groups excluding carboxylic acids is 1. The maximum absolute atomic E-state index is 12.8. The Morgan fingerprint density at radius 2 is 1.00 bits per heavy atom. The fourth-order valence-electron chi connectivity index (χ4n) is 4.54. The molecule has 214 valence electrons. The zero-order valence-corrected chi connectivity index (χ0v) is 23.7. The van der Waals surface area contributed by atoms with Gasteiger partial charge < -0.3 is 25.1 Å². The molecule has 0 fully saturated rings. The molecule has 6 heteroatoms. The smallest absolute Gasteiger partial charge is 0.222 e. The fraction of sp³-hybridized carbons (Fsp3) is 0.900. The van der Waals surface area contributed by atoms with Gasteiger partial charge in [0.15, 0.2) is 0 Å². The van der Waals surface area contributed by atoms with Gasteiger partial charge >= 0.3 is 0 Å². The lowest BCUT2D eigenvalue weighted by molar-refractivity contribution is -0.131. The van der Waals surface area contributed by atoms with Crippen molar-refractivity contribution in [1.29, 1.82) is 0 Å². The molecule has 0 aromatic rings. The molecule has 0 aromatic heterocycles. The van der Waals surface area contributed by atoms with E-state index in [2.05, 4.69) is 24.0 Å². The molecule has 0 bridgehead atoms. The van der Waals surface area contributed by atoms with E-state index in [0.29, 0.717) is 25.9 Å². The number of carbonyl (C=O) groups is 1. The average Bonchev–Trinajstić information content (AvgIpc) is 2.89. The third-order valence-electron chi connectivity index (χ3n) is 6.76. The van der Waals surface area contributed by atoms with E-state index in [-0.39, 0.29) is 25.7 Å². The van der Waals surface area contributed by atoms with Crippen LogP contribution in [-0.2, 0) is 4.79 Å². The van der Waals surface area contributed by atoms with Crippen LogP contribution in [0.1, 0.15) is 122 Å². The van der Waals surface area contributed by atoms with E-state index >= 15 is 0 Å². The number of aliphatic hydroxyl groups is 3. The molecule has 0 aromatic carbocycles. The summed E-state index contributed by atoms with van der Waals surface area (Å²) in [4.78, 5) is 16.9. The van der Waals surface area contributed by atoms with Crippen LogP contribution in [0.4, 0.5) is 0 Å². The molecule has 0 aliphatic heterocycles. The zero-order chi connectivity index (χ0) is 26.5. The largest absolute Gasteiger partial charge is 0.396 e. The van der Waals surface area contributed by atoms with Crippen molar-refractivity contribution in [3.63, 3.8) is 0 Å². The Morgan fingerprint density at radius 3 is 1.56 bits per heavy atom. The highest BCUT2D eigenvalue weighted by atomic mass is 16.3. The second-order valence-electron chi connectivity index (χ2n) is 10.1. The molecule has 0 aliphatic carbocycles. The standard InChI is InChI=1S/C30H60N2O4/c1-2-3-4-5-6-7-8-9-10-11-12-13-14-15-16-21-30(36)32(26-20-29-35)25-17-22-31(23-18-27-33)24-19-28-34/h9-10,33-35H,2-8,11-29H2,1H3. The van der Waals surface area contributed by atoms with Crippen LogP contribution in [0.15, 0.2) is 12.2 Å². The number of amides is 1. The van der Waals surface area contributed by atoms with Gasteiger partial charge in [0.1, 0.15) is 0 Å². The van der Waals surface area contributed by atoms with E-state index in [9.17, 15) is 9.90 Å². The fourth-order valence-corrected chi connectivity index (χ4v) is 4.54. The molecule has 36 heavy (non-hydrogen) atoms. The highest BCUT2D eigenvalue weighted by molar-refractivity contribution is 5.76. The molecule has 0 aliphatic rings. The van der Waals surface area contributed by atoms with Gasteiger partial charge in [-0.25, -0.2) is 0 Å². The summed E-state index contributed by atoms with van der Waals surface area (Å²) in [7, 11) is 0. The molecule has 0 spiro atoms. The van der Waals surface area contributed by atoms with Crippen molar-refractivity contribution >= 4 is 5.91 Å². The van der Waals surface area contributed by atoms with E-state index in [1.165, 1.54) is 70.6 Å². The van der Waals surface area contributed by atoms with E-state index in [1.807, 2.05) is 4.90 Å². The van der Waals surface area contributed by atoms with Crippen molar-refractivity contribution in [1.82, 2.24) is 9.80 Å². The summed E-state index contributed by atoms with van der Waals surface area (Å²) in [5, 5.41) is 27.4.